The lowest BCUT2D eigenvalue weighted by atomic mass is 9.81. The molecule has 0 bridgehead atoms. The van der Waals surface area contributed by atoms with Crippen molar-refractivity contribution in [3.8, 4) is 22.8 Å². The fourth-order valence-corrected chi connectivity index (χ4v) is 6.50. The monoisotopic (exact) mass is 669 g/mol. The van der Waals surface area contributed by atoms with Crippen molar-refractivity contribution in [2.45, 2.75) is 55.8 Å². The first-order chi connectivity index (χ1) is 22.2. The first-order valence-corrected chi connectivity index (χ1v) is 15.5. The van der Waals surface area contributed by atoms with Gasteiger partial charge < -0.3 is 25.6 Å². The molecule has 2 aliphatic carbocycles. The molecule has 7 rings (SSSR count). The molecule has 1 aliphatic heterocycles. The summed E-state index contributed by atoms with van der Waals surface area (Å²) in [5.74, 6) is -1.08. The van der Waals surface area contributed by atoms with Crippen molar-refractivity contribution in [3.05, 3.63) is 70.0 Å². The molecule has 0 unspecified atom stereocenters. The highest BCUT2D eigenvalue weighted by Gasteiger charge is 2.50. The second-order valence-corrected chi connectivity index (χ2v) is 13.1. The van der Waals surface area contributed by atoms with Gasteiger partial charge in [0.05, 0.1) is 36.0 Å². The molecule has 2 aromatic heterocycles. The molecule has 246 valence electrons. The second kappa shape index (κ2) is 10.8. The Hall–Kier alpha value is -4.36. The molecule has 2 saturated carbocycles. The Labute approximate surface area is 272 Å². The molecular formula is C33H31ClF3N5O5. The second-order valence-electron chi connectivity index (χ2n) is 12.7. The summed E-state index contributed by atoms with van der Waals surface area (Å²) in [5.41, 5.74) is 2.61. The van der Waals surface area contributed by atoms with Crippen LogP contribution in [0.25, 0.3) is 22.2 Å². The summed E-state index contributed by atoms with van der Waals surface area (Å²) in [6.45, 7) is 1.08. The number of aromatic nitrogens is 3. The number of fused-ring (bicyclic) bond motifs is 2. The number of primary amides is 1. The standard InChI is InChI=1S/C33H31ClF3N5O5/c1-31(30(38)44)15-47-28-22(31)12-24(40-27(28)20-4-3-5-21(25(20)34)33(35,36)37)32(45,18-6-7-18)14-39-29(43)16-10-17-13-42(19-8-9-19)41-26(17)23(11-16)46-2/h3-5,10-13,18-19,45H,6-9,14-15H2,1-2H3,(H2,38,44)(H,39,43)/t31-,32+/m0/s1. The average molecular weight is 670 g/mol. The Morgan fingerprint density at radius 3 is 2.60 bits per heavy atom. The molecule has 0 spiro atoms. The average Bonchev–Trinajstić information content (AvgIpc) is 3.98. The van der Waals surface area contributed by atoms with Crippen LogP contribution < -0.4 is 20.5 Å². The minimum Gasteiger partial charge on any atom is -0.494 e. The van der Waals surface area contributed by atoms with Crippen molar-refractivity contribution in [1.82, 2.24) is 20.1 Å². The van der Waals surface area contributed by atoms with Crippen molar-refractivity contribution in [2.24, 2.45) is 11.7 Å². The van der Waals surface area contributed by atoms with E-state index in [0.717, 1.165) is 24.3 Å². The van der Waals surface area contributed by atoms with Crippen LogP contribution in [-0.4, -0.2) is 51.9 Å². The van der Waals surface area contributed by atoms with Crippen LogP contribution in [0.3, 0.4) is 0 Å². The van der Waals surface area contributed by atoms with E-state index >= 15 is 0 Å². The van der Waals surface area contributed by atoms with Crippen LogP contribution >= 0.6 is 11.6 Å². The fraction of sp³-hybridized carbons (Fsp3) is 0.394. The maximum Gasteiger partial charge on any atom is 0.417 e. The van der Waals surface area contributed by atoms with Gasteiger partial charge in [0.1, 0.15) is 40.3 Å². The predicted molar refractivity (Wildman–Crippen MR) is 165 cm³/mol. The van der Waals surface area contributed by atoms with Crippen molar-refractivity contribution >= 4 is 34.3 Å². The number of pyridine rings is 1. The van der Waals surface area contributed by atoms with E-state index in [1.165, 1.54) is 25.3 Å². The Morgan fingerprint density at radius 1 is 1.21 bits per heavy atom. The number of hydrogen-bond acceptors (Lipinski definition) is 7. The van der Waals surface area contributed by atoms with Gasteiger partial charge in [0.2, 0.25) is 5.91 Å². The molecule has 0 saturated heterocycles. The first kappa shape index (κ1) is 31.3. The van der Waals surface area contributed by atoms with Crippen LogP contribution in [0.4, 0.5) is 13.2 Å². The smallest absolute Gasteiger partial charge is 0.417 e. The van der Waals surface area contributed by atoms with Gasteiger partial charge in [-0.15, -0.1) is 0 Å². The molecule has 3 heterocycles. The minimum atomic E-state index is -4.75. The quantitative estimate of drug-likeness (QED) is 0.220. The lowest BCUT2D eigenvalue weighted by molar-refractivity contribution is -0.137. The number of methoxy groups -OCH3 is 1. The highest BCUT2D eigenvalue weighted by atomic mass is 35.5. The highest BCUT2D eigenvalue weighted by Crippen LogP contribution is 2.51. The number of alkyl halides is 3. The number of ether oxygens (including phenoxy) is 2. The minimum absolute atomic E-state index is 0.0410. The molecule has 2 atom stereocenters. The van der Waals surface area contributed by atoms with Gasteiger partial charge in [0.25, 0.3) is 5.91 Å². The summed E-state index contributed by atoms with van der Waals surface area (Å²) >= 11 is 6.32. The molecule has 2 fully saturated rings. The van der Waals surface area contributed by atoms with Gasteiger partial charge >= 0.3 is 6.18 Å². The maximum absolute atomic E-state index is 13.8. The van der Waals surface area contributed by atoms with Crippen LogP contribution in [-0.2, 0) is 22.0 Å². The third-order valence-corrected chi connectivity index (χ3v) is 9.79. The normalized spacial score (nSPS) is 20.4. The molecule has 3 aliphatic rings. The summed E-state index contributed by atoms with van der Waals surface area (Å²) in [6, 6.07) is 8.50. The van der Waals surface area contributed by atoms with E-state index < -0.39 is 39.6 Å². The molecule has 2 amide bonds. The molecular weight excluding hydrogens is 639 g/mol. The lowest BCUT2D eigenvalue weighted by Gasteiger charge is -2.30. The van der Waals surface area contributed by atoms with Gasteiger partial charge in [-0.25, -0.2) is 4.98 Å². The highest BCUT2D eigenvalue weighted by molar-refractivity contribution is 6.34. The van der Waals surface area contributed by atoms with Crippen molar-refractivity contribution in [3.63, 3.8) is 0 Å². The van der Waals surface area contributed by atoms with E-state index in [1.54, 1.807) is 19.1 Å². The van der Waals surface area contributed by atoms with Gasteiger partial charge in [0.15, 0.2) is 0 Å². The van der Waals surface area contributed by atoms with Gasteiger partial charge in [0, 0.05) is 28.3 Å². The van der Waals surface area contributed by atoms with Crippen molar-refractivity contribution < 1.29 is 37.3 Å². The van der Waals surface area contributed by atoms with Gasteiger partial charge in [-0.3, -0.25) is 14.3 Å². The Bertz CT molecular complexity index is 1960. The number of rotatable bonds is 9. The number of aliphatic hydroxyl groups is 1. The number of nitrogens with one attached hydrogen (secondary N) is 1. The van der Waals surface area contributed by atoms with E-state index in [9.17, 15) is 27.9 Å². The van der Waals surface area contributed by atoms with Crippen LogP contribution in [0.5, 0.6) is 11.5 Å². The van der Waals surface area contributed by atoms with E-state index in [0.29, 0.717) is 30.1 Å². The number of benzene rings is 2. The molecule has 47 heavy (non-hydrogen) atoms. The molecule has 0 radical (unpaired) electrons. The van der Waals surface area contributed by atoms with Gasteiger partial charge in [-0.1, -0.05) is 23.7 Å². The summed E-state index contributed by atoms with van der Waals surface area (Å²) in [4.78, 5) is 30.8. The van der Waals surface area contributed by atoms with Crippen LogP contribution in [0.1, 0.15) is 65.8 Å². The number of nitrogens with two attached hydrogens (primary N) is 1. The maximum atomic E-state index is 13.8. The third kappa shape index (κ3) is 5.25. The number of hydrogen-bond donors (Lipinski definition) is 3. The number of nitrogens with zero attached hydrogens (tertiary/aromatic N) is 3. The van der Waals surface area contributed by atoms with Crippen molar-refractivity contribution in [2.75, 3.05) is 20.3 Å². The van der Waals surface area contributed by atoms with Crippen molar-refractivity contribution in [1.29, 1.82) is 0 Å². The summed E-state index contributed by atoms with van der Waals surface area (Å²) in [7, 11) is 1.50. The Kier molecular flexibility index (Phi) is 7.21. The Balaban J connectivity index is 1.28. The predicted octanol–water partition coefficient (Wildman–Crippen LogP) is 5.28. The SMILES string of the molecule is COc1cc(C(=O)NC[C@](O)(c2cc3c(c(-c4cccc(C(F)(F)F)c4Cl)n2)OC[C@]3(C)C(N)=O)C2CC2)cc2cn(C3CC3)nc12. The van der Waals surface area contributed by atoms with Crippen LogP contribution in [0, 0.1) is 5.92 Å². The zero-order chi connectivity index (χ0) is 33.5. The van der Waals surface area contributed by atoms with E-state index in [4.69, 9.17) is 26.8 Å². The number of amides is 2. The number of carbonyl (C=O) groups is 2. The van der Waals surface area contributed by atoms with E-state index in [-0.39, 0.29) is 52.9 Å². The van der Waals surface area contributed by atoms with E-state index in [1.807, 2.05) is 10.9 Å². The lowest BCUT2D eigenvalue weighted by Crippen LogP contribution is -2.44. The largest absolute Gasteiger partial charge is 0.494 e. The number of carbonyl (C=O) groups excluding carboxylic acids is 2. The third-order valence-electron chi connectivity index (χ3n) is 9.38. The molecule has 10 nitrogen and oxygen atoms in total. The van der Waals surface area contributed by atoms with Crippen LogP contribution in [0.15, 0.2) is 42.6 Å². The zero-order valence-electron chi connectivity index (χ0n) is 25.4. The molecule has 2 aromatic carbocycles. The number of halogens is 4. The summed E-state index contributed by atoms with van der Waals surface area (Å²) in [6.07, 6.45) is 0.402. The topological polar surface area (TPSA) is 142 Å². The first-order valence-electron chi connectivity index (χ1n) is 15.2. The zero-order valence-corrected chi connectivity index (χ0v) is 26.2. The van der Waals surface area contributed by atoms with Crippen LogP contribution in [0.2, 0.25) is 5.02 Å². The Morgan fingerprint density at radius 2 is 1.96 bits per heavy atom. The summed E-state index contributed by atoms with van der Waals surface area (Å²) in [5, 5.41) is 19.8. The van der Waals surface area contributed by atoms with E-state index in [2.05, 4.69) is 15.4 Å². The van der Waals surface area contributed by atoms with Gasteiger partial charge in [-0.2, -0.15) is 18.3 Å². The molecule has 14 heteroatoms. The summed E-state index contributed by atoms with van der Waals surface area (Å²) < 4.78 is 54.7. The molecule has 4 N–H and O–H groups in total. The fourth-order valence-electron chi connectivity index (χ4n) is 6.18. The molecule has 4 aromatic rings. The van der Waals surface area contributed by atoms with Gasteiger partial charge in [-0.05, 0) is 62.8 Å².